The summed E-state index contributed by atoms with van der Waals surface area (Å²) in [5, 5.41) is 5.11. The molecule has 0 atom stereocenters. The minimum absolute atomic E-state index is 1.12. The molecule has 0 aliphatic carbocycles. The second-order valence-electron chi connectivity index (χ2n) is 12.4. The van der Waals surface area contributed by atoms with Crippen LogP contribution in [0.5, 0.6) is 0 Å². The molecule has 0 unspecified atom stereocenters. The largest absolute Gasteiger partial charge is 0.311 e. The van der Waals surface area contributed by atoms with E-state index >= 15 is 0 Å². The monoisotopic (exact) mass is 601 g/mol. The lowest BCUT2D eigenvalue weighted by atomic mass is 9.93. The number of hydrogen-bond acceptors (Lipinski definition) is 1. The number of rotatable bonds is 6. The molecule has 1 nitrogen and oxygen atoms in total. The van der Waals surface area contributed by atoms with Crippen molar-refractivity contribution in [3.63, 3.8) is 0 Å². The van der Waals surface area contributed by atoms with Gasteiger partial charge < -0.3 is 4.90 Å². The molecule has 0 spiro atoms. The van der Waals surface area contributed by atoms with Crippen LogP contribution >= 0.6 is 0 Å². The van der Waals surface area contributed by atoms with Gasteiger partial charge in [-0.1, -0.05) is 145 Å². The van der Waals surface area contributed by atoms with Crippen LogP contribution in [-0.2, 0) is 0 Å². The van der Waals surface area contributed by atoms with Gasteiger partial charge in [-0.15, -0.1) is 0 Å². The van der Waals surface area contributed by atoms with Crippen LogP contribution in [0.1, 0.15) is 11.1 Å². The smallest absolute Gasteiger partial charge is 0.0462 e. The third-order valence-corrected chi connectivity index (χ3v) is 9.12. The minimum Gasteiger partial charge on any atom is -0.311 e. The zero-order valence-electron chi connectivity index (χ0n) is 26.7. The summed E-state index contributed by atoms with van der Waals surface area (Å²) in [4.78, 5) is 2.35. The Morgan fingerprint density at radius 1 is 0.319 bits per heavy atom. The maximum atomic E-state index is 2.35. The second-order valence-corrected chi connectivity index (χ2v) is 12.4. The summed E-state index contributed by atoms with van der Waals surface area (Å²) in [7, 11) is 0. The molecule has 0 bridgehead atoms. The first-order valence-electron chi connectivity index (χ1n) is 16.3. The summed E-state index contributed by atoms with van der Waals surface area (Å²) >= 11 is 0. The lowest BCUT2D eigenvalue weighted by Gasteiger charge is -2.26. The fourth-order valence-electron chi connectivity index (χ4n) is 6.91. The normalized spacial score (nSPS) is 11.2. The molecule has 0 N–H and O–H groups in total. The van der Waals surface area contributed by atoms with Crippen molar-refractivity contribution in [3.8, 4) is 33.4 Å². The van der Waals surface area contributed by atoms with E-state index in [1.54, 1.807) is 0 Å². The van der Waals surface area contributed by atoms with Gasteiger partial charge in [0.05, 0.1) is 0 Å². The first kappa shape index (κ1) is 28.5. The van der Waals surface area contributed by atoms with Gasteiger partial charge >= 0.3 is 0 Å². The van der Waals surface area contributed by atoms with Crippen LogP contribution < -0.4 is 4.90 Å². The average Bonchev–Trinajstić information content (AvgIpc) is 3.12. The van der Waals surface area contributed by atoms with E-state index in [0.717, 1.165) is 17.1 Å². The average molecular weight is 602 g/mol. The summed E-state index contributed by atoms with van der Waals surface area (Å²) in [5.41, 5.74) is 13.3. The van der Waals surface area contributed by atoms with E-state index in [4.69, 9.17) is 0 Å². The highest BCUT2D eigenvalue weighted by atomic mass is 15.1. The van der Waals surface area contributed by atoms with Crippen molar-refractivity contribution >= 4 is 38.6 Å². The van der Waals surface area contributed by atoms with Gasteiger partial charge in [0.25, 0.3) is 0 Å². The number of fused-ring (bicyclic) bond motifs is 3. The molecule has 0 radical (unpaired) electrons. The predicted molar refractivity (Wildman–Crippen MR) is 202 cm³/mol. The standard InChI is InChI=1S/C46H35N/c1-32-28-33(2)30-39(29-32)36-18-24-41(25-19-36)47(40-22-16-35(17-23-40)34-10-4-3-5-11-34)42-26-20-37(21-27-42)46-31-38-12-6-7-13-43(38)44-14-8-9-15-45(44)46/h3-31H,1-2H3. The van der Waals surface area contributed by atoms with Gasteiger partial charge in [-0.2, -0.15) is 0 Å². The Morgan fingerprint density at radius 3 is 1.36 bits per heavy atom. The van der Waals surface area contributed by atoms with Crippen molar-refractivity contribution in [2.24, 2.45) is 0 Å². The Morgan fingerprint density at radius 2 is 0.766 bits per heavy atom. The predicted octanol–water partition coefficient (Wildman–Crippen LogP) is 13.1. The molecule has 0 saturated carbocycles. The van der Waals surface area contributed by atoms with E-state index in [9.17, 15) is 0 Å². The molecule has 0 saturated heterocycles. The van der Waals surface area contributed by atoms with E-state index in [2.05, 4.69) is 195 Å². The Labute approximate surface area is 277 Å². The van der Waals surface area contributed by atoms with Crippen LogP contribution in [0.4, 0.5) is 17.1 Å². The van der Waals surface area contributed by atoms with Gasteiger partial charge in [0.2, 0.25) is 0 Å². The summed E-state index contributed by atoms with van der Waals surface area (Å²) in [5.74, 6) is 0. The Hall–Kier alpha value is -5.92. The van der Waals surface area contributed by atoms with Crippen LogP contribution in [0.15, 0.2) is 176 Å². The van der Waals surface area contributed by atoms with Gasteiger partial charge in [-0.05, 0) is 111 Å². The Balaban J connectivity index is 1.21. The topological polar surface area (TPSA) is 3.24 Å². The molecular weight excluding hydrogens is 567 g/mol. The van der Waals surface area contributed by atoms with Crippen LogP contribution in [0.3, 0.4) is 0 Å². The molecule has 1 heteroatoms. The fourth-order valence-corrected chi connectivity index (χ4v) is 6.91. The third-order valence-electron chi connectivity index (χ3n) is 9.12. The van der Waals surface area contributed by atoms with E-state index in [1.807, 2.05) is 0 Å². The molecule has 0 heterocycles. The number of hydrogen-bond donors (Lipinski definition) is 0. The van der Waals surface area contributed by atoms with E-state index in [1.165, 1.54) is 66.1 Å². The fraction of sp³-hybridized carbons (Fsp3) is 0.0435. The molecule has 0 fully saturated rings. The zero-order valence-corrected chi connectivity index (χ0v) is 26.7. The molecule has 8 aromatic carbocycles. The van der Waals surface area contributed by atoms with E-state index in [0.29, 0.717) is 0 Å². The molecule has 0 aliphatic heterocycles. The Kier molecular flexibility index (Phi) is 7.36. The minimum atomic E-state index is 1.12. The van der Waals surface area contributed by atoms with Crippen molar-refractivity contribution in [2.75, 3.05) is 4.90 Å². The molecule has 47 heavy (non-hydrogen) atoms. The maximum Gasteiger partial charge on any atom is 0.0462 e. The first-order chi connectivity index (χ1) is 23.1. The lowest BCUT2D eigenvalue weighted by Crippen LogP contribution is -2.09. The SMILES string of the molecule is Cc1cc(C)cc(-c2ccc(N(c3ccc(-c4ccccc4)cc3)c3ccc(-c4cc5ccccc5c5ccccc45)cc3)cc2)c1. The molecule has 0 amide bonds. The highest BCUT2D eigenvalue weighted by molar-refractivity contribution is 6.13. The van der Waals surface area contributed by atoms with Crippen molar-refractivity contribution in [1.82, 2.24) is 0 Å². The number of aryl methyl sites for hydroxylation is 2. The third kappa shape index (κ3) is 5.58. The quantitative estimate of drug-likeness (QED) is 0.171. The molecule has 8 aromatic rings. The van der Waals surface area contributed by atoms with Crippen LogP contribution in [0.25, 0.3) is 54.9 Å². The number of nitrogens with zero attached hydrogens (tertiary/aromatic N) is 1. The molecule has 0 aromatic heterocycles. The van der Waals surface area contributed by atoms with Crippen LogP contribution in [0.2, 0.25) is 0 Å². The van der Waals surface area contributed by atoms with Gasteiger partial charge in [-0.25, -0.2) is 0 Å². The van der Waals surface area contributed by atoms with Crippen molar-refractivity contribution in [1.29, 1.82) is 0 Å². The second kappa shape index (κ2) is 12.1. The highest BCUT2D eigenvalue weighted by Gasteiger charge is 2.15. The Bertz CT molecular complexity index is 2310. The molecule has 8 rings (SSSR count). The number of benzene rings is 8. The lowest BCUT2D eigenvalue weighted by molar-refractivity contribution is 1.28. The summed E-state index contributed by atoms with van der Waals surface area (Å²) < 4.78 is 0. The van der Waals surface area contributed by atoms with Gasteiger partial charge in [-0.3, -0.25) is 0 Å². The van der Waals surface area contributed by atoms with Gasteiger partial charge in [0.1, 0.15) is 0 Å². The number of anilines is 3. The van der Waals surface area contributed by atoms with Crippen molar-refractivity contribution < 1.29 is 0 Å². The van der Waals surface area contributed by atoms with Crippen molar-refractivity contribution in [3.05, 3.63) is 187 Å². The van der Waals surface area contributed by atoms with Gasteiger partial charge in [0, 0.05) is 17.1 Å². The van der Waals surface area contributed by atoms with E-state index < -0.39 is 0 Å². The molecule has 224 valence electrons. The molecule has 0 aliphatic rings. The zero-order chi connectivity index (χ0) is 31.7. The maximum absolute atomic E-state index is 2.35. The van der Waals surface area contributed by atoms with Gasteiger partial charge in [0.15, 0.2) is 0 Å². The highest BCUT2D eigenvalue weighted by Crippen LogP contribution is 2.40. The summed E-state index contributed by atoms with van der Waals surface area (Å²) in [6.07, 6.45) is 0. The van der Waals surface area contributed by atoms with Crippen molar-refractivity contribution in [2.45, 2.75) is 13.8 Å². The first-order valence-corrected chi connectivity index (χ1v) is 16.3. The van der Waals surface area contributed by atoms with E-state index in [-0.39, 0.29) is 0 Å². The van der Waals surface area contributed by atoms with Crippen LogP contribution in [-0.4, -0.2) is 0 Å². The van der Waals surface area contributed by atoms with Crippen LogP contribution in [0, 0.1) is 13.8 Å². The summed E-state index contributed by atoms with van der Waals surface area (Å²) in [6, 6.07) is 63.9. The summed E-state index contributed by atoms with van der Waals surface area (Å²) in [6.45, 7) is 4.33. The molecular formula is C46H35N.